The van der Waals surface area contributed by atoms with Gasteiger partial charge >= 0.3 is 0 Å². The molecule has 2 aromatic carbocycles. The number of benzene rings is 2. The first-order valence-electron chi connectivity index (χ1n) is 8.31. The molecule has 0 fully saturated rings. The molecule has 0 unspecified atom stereocenters. The molecule has 0 aromatic heterocycles. The molecule has 0 bridgehead atoms. The van der Waals surface area contributed by atoms with E-state index in [1.165, 1.54) is 6.08 Å². The Hall–Kier alpha value is -3.28. The standard InChI is InChI=1S/C20H20N2O4/c1-13(2)21-20(24)15-5-3-4-6-16(15)22-19(23)10-8-14-7-9-17-18(11-14)26-12-25-17/h3-11,13H,12H2,1-2H3,(H,21,24)(H,22,23). The fourth-order valence-corrected chi connectivity index (χ4v) is 2.49. The zero-order chi connectivity index (χ0) is 18.5. The van der Waals surface area contributed by atoms with Crippen molar-refractivity contribution >= 4 is 23.6 Å². The molecule has 0 saturated carbocycles. The summed E-state index contributed by atoms with van der Waals surface area (Å²) in [5.41, 5.74) is 1.70. The minimum atomic E-state index is -0.326. The fourth-order valence-electron chi connectivity index (χ4n) is 2.49. The van der Waals surface area contributed by atoms with E-state index in [9.17, 15) is 9.59 Å². The molecule has 1 aliphatic heterocycles. The number of hydrogen-bond acceptors (Lipinski definition) is 4. The van der Waals surface area contributed by atoms with Crippen LogP contribution in [0.1, 0.15) is 29.8 Å². The van der Waals surface area contributed by atoms with Crippen LogP contribution in [-0.4, -0.2) is 24.6 Å². The summed E-state index contributed by atoms with van der Waals surface area (Å²) in [6.07, 6.45) is 3.09. The quantitative estimate of drug-likeness (QED) is 0.810. The molecular weight excluding hydrogens is 332 g/mol. The van der Waals surface area contributed by atoms with Gasteiger partial charge in [0.2, 0.25) is 12.7 Å². The molecule has 0 radical (unpaired) electrons. The van der Waals surface area contributed by atoms with Gasteiger partial charge in [-0.2, -0.15) is 0 Å². The molecule has 6 nitrogen and oxygen atoms in total. The van der Waals surface area contributed by atoms with Gasteiger partial charge in [-0.25, -0.2) is 0 Å². The van der Waals surface area contributed by atoms with E-state index in [4.69, 9.17) is 9.47 Å². The summed E-state index contributed by atoms with van der Waals surface area (Å²) in [4.78, 5) is 24.5. The molecule has 3 rings (SSSR count). The van der Waals surface area contributed by atoms with Gasteiger partial charge in [-0.15, -0.1) is 0 Å². The second kappa shape index (κ2) is 7.74. The fraction of sp³-hybridized carbons (Fsp3) is 0.200. The summed E-state index contributed by atoms with van der Waals surface area (Å²) in [5, 5.41) is 5.57. The Bertz CT molecular complexity index is 859. The highest BCUT2D eigenvalue weighted by Crippen LogP contribution is 2.32. The minimum Gasteiger partial charge on any atom is -0.454 e. The number of nitrogens with one attached hydrogen (secondary N) is 2. The van der Waals surface area contributed by atoms with Gasteiger partial charge in [0.15, 0.2) is 11.5 Å². The van der Waals surface area contributed by atoms with E-state index in [1.807, 2.05) is 19.9 Å². The van der Waals surface area contributed by atoms with E-state index in [2.05, 4.69) is 10.6 Å². The predicted octanol–water partition coefficient (Wildman–Crippen LogP) is 3.21. The number of amides is 2. The number of para-hydroxylation sites is 1. The first-order chi connectivity index (χ1) is 12.5. The maximum atomic E-state index is 12.2. The molecule has 1 heterocycles. The van der Waals surface area contributed by atoms with Gasteiger partial charge in [-0.1, -0.05) is 18.2 Å². The van der Waals surface area contributed by atoms with Crippen molar-refractivity contribution in [2.24, 2.45) is 0 Å². The molecule has 2 amide bonds. The van der Waals surface area contributed by atoms with Crippen molar-refractivity contribution < 1.29 is 19.1 Å². The Labute approximate surface area is 151 Å². The van der Waals surface area contributed by atoms with Crippen molar-refractivity contribution in [3.8, 4) is 11.5 Å². The number of ether oxygens (including phenoxy) is 2. The van der Waals surface area contributed by atoms with E-state index in [1.54, 1.807) is 42.5 Å². The Morgan fingerprint density at radius 3 is 2.65 bits per heavy atom. The van der Waals surface area contributed by atoms with E-state index < -0.39 is 0 Å². The molecule has 26 heavy (non-hydrogen) atoms. The summed E-state index contributed by atoms with van der Waals surface area (Å²) in [6, 6.07) is 12.3. The first kappa shape index (κ1) is 17.5. The summed E-state index contributed by atoms with van der Waals surface area (Å²) < 4.78 is 10.6. The normalized spacial score (nSPS) is 12.4. The highest BCUT2D eigenvalue weighted by Gasteiger charge is 2.14. The van der Waals surface area contributed by atoms with Crippen molar-refractivity contribution in [2.45, 2.75) is 19.9 Å². The van der Waals surface area contributed by atoms with Crippen LogP contribution < -0.4 is 20.1 Å². The lowest BCUT2D eigenvalue weighted by Gasteiger charge is -2.12. The molecular formula is C20H20N2O4. The molecule has 2 aromatic rings. The monoisotopic (exact) mass is 352 g/mol. The number of carbonyl (C=O) groups excluding carboxylic acids is 2. The van der Waals surface area contributed by atoms with E-state index >= 15 is 0 Å². The van der Waals surface area contributed by atoms with Gasteiger partial charge < -0.3 is 20.1 Å². The van der Waals surface area contributed by atoms with Crippen LogP contribution >= 0.6 is 0 Å². The number of rotatable bonds is 5. The third-order valence-electron chi connectivity index (χ3n) is 3.67. The number of hydrogen-bond donors (Lipinski definition) is 2. The van der Waals surface area contributed by atoms with Gasteiger partial charge in [-0.3, -0.25) is 9.59 Å². The van der Waals surface area contributed by atoms with Crippen molar-refractivity contribution in [2.75, 3.05) is 12.1 Å². The van der Waals surface area contributed by atoms with E-state index in [-0.39, 0.29) is 24.6 Å². The highest BCUT2D eigenvalue weighted by atomic mass is 16.7. The highest BCUT2D eigenvalue weighted by molar-refractivity contribution is 6.07. The predicted molar refractivity (Wildman–Crippen MR) is 99.3 cm³/mol. The average molecular weight is 352 g/mol. The van der Waals surface area contributed by atoms with Crippen LogP contribution in [-0.2, 0) is 4.79 Å². The first-order valence-corrected chi connectivity index (χ1v) is 8.31. The molecule has 1 aliphatic rings. The van der Waals surface area contributed by atoms with Crippen LogP contribution in [0.3, 0.4) is 0 Å². The topological polar surface area (TPSA) is 76.7 Å². The molecule has 2 N–H and O–H groups in total. The maximum absolute atomic E-state index is 12.2. The van der Waals surface area contributed by atoms with Crippen LogP contribution in [0, 0.1) is 0 Å². The Balaban J connectivity index is 1.69. The van der Waals surface area contributed by atoms with Gasteiger partial charge in [0.25, 0.3) is 5.91 Å². The van der Waals surface area contributed by atoms with E-state index in [0.717, 1.165) is 5.56 Å². The number of anilines is 1. The molecule has 0 atom stereocenters. The molecule has 134 valence electrons. The van der Waals surface area contributed by atoms with Gasteiger partial charge in [0, 0.05) is 12.1 Å². The van der Waals surface area contributed by atoms with Crippen molar-refractivity contribution in [1.82, 2.24) is 5.32 Å². The minimum absolute atomic E-state index is 0.0113. The second-order valence-corrected chi connectivity index (χ2v) is 6.11. The van der Waals surface area contributed by atoms with Crippen molar-refractivity contribution in [3.63, 3.8) is 0 Å². The summed E-state index contributed by atoms with van der Waals surface area (Å²) in [5.74, 6) is 0.795. The Morgan fingerprint density at radius 2 is 1.85 bits per heavy atom. The second-order valence-electron chi connectivity index (χ2n) is 6.11. The molecule has 6 heteroatoms. The Kier molecular flexibility index (Phi) is 5.22. The van der Waals surface area contributed by atoms with Gasteiger partial charge in [0.05, 0.1) is 11.3 Å². The SMILES string of the molecule is CC(C)NC(=O)c1ccccc1NC(=O)C=Cc1ccc2c(c1)OCO2. The van der Waals surface area contributed by atoms with Gasteiger partial charge in [0.1, 0.15) is 0 Å². The van der Waals surface area contributed by atoms with Crippen LogP contribution in [0.25, 0.3) is 6.08 Å². The van der Waals surface area contributed by atoms with E-state index in [0.29, 0.717) is 22.7 Å². The lowest BCUT2D eigenvalue weighted by Crippen LogP contribution is -2.30. The zero-order valence-electron chi connectivity index (χ0n) is 14.6. The number of fused-ring (bicyclic) bond motifs is 1. The molecule has 0 spiro atoms. The third kappa shape index (κ3) is 4.22. The summed E-state index contributed by atoms with van der Waals surface area (Å²) >= 11 is 0. The van der Waals surface area contributed by atoms with Crippen LogP contribution in [0.4, 0.5) is 5.69 Å². The van der Waals surface area contributed by atoms with Crippen LogP contribution in [0.2, 0.25) is 0 Å². The number of carbonyl (C=O) groups is 2. The van der Waals surface area contributed by atoms with Crippen LogP contribution in [0.5, 0.6) is 11.5 Å². The molecule has 0 aliphatic carbocycles. The Morgan fingerprint density at radius 1 is 1.08 bits per heavy atom. The third-order valence-corrected chi connectivity index (χ3v) is 3.67. The van der Waals surface area contributed by atoms with Crippen molar-refractivity contribution in [1.29, 1.82) is 0 Å². The zero-order valence-corrected chi connectivity index (χ0v) is 14.6. The lowest BCUT2D eigenvalue weighted by atomic mass is 10.1. The van der Waals surface area contributed by atoms with Crippen molar-refractivity contribution in [3.05, 3.63) is 59.7 Å². The summed E-state index contributed by atoms with van der Waals surface area (Å²) in [7, 11) is 0. The lowest BCUT2D eigenvalue weighted by molar-refractivity contribution is -0.111. The van der Waals surface area contributed by atoms with Gasteiger partial charge in [-0.05, 0) is 49.8 Å². The average Bonchev–Trinajstić information content (AvgIpc) is 3.07. The van der Waals surface area contributed by atoms with Crippen LogP contribution in [0.15, 0.2) is 48.5 Å². The maximum Gasteiger partial charge on any atom is 0.253 e. The smallest absolute Gasteiger partial charge is 0.253 e. The summed E-state index contributed by atoms with van der Waals surface area (Å²) in [6.45, 7) is 3.97. The molecule has 0 saturated heterocycles. The largest absolute Gasteiger partial charge is 0.454 e.